The molecule has 0 bridgehead atoms. The second-order valence-corrected chi connectivity index (χ2v) is 5.72. The number of thiocarbonyl (C=S) groups is 1. The molecule has 0 atom stereocenters. The molecule has 6 heteroatoms. The molecule has 112 valence electrons. The first-order valence-corrected chi connectivity index (χ1v) is 7.81. The van der Waals surface area contributed by atoms with E-state index in [-0.39, 0.29) is 0 Å². The highest BCUT2D eigenvalue weighted by molar-refractivity contribution is 7.80. The molecule has 0 radical (unpaired) electrons. The summed E-state index contributed by atoms with van der Waals surface area (Å²) in [6.45, 7) is 0.790. The van der Waals surface area contributed by atoms with Crippen molar-refractivity contribution in [1.82, 2.24) is 5.32 Å². The summed E-state index contributed by atoms with van der Waals surface area (Å²) in [5, 5.41) is 8.97. The summed E-state index contributed by atoms with van der Waals surface area (Å²) >= 11 is 7.05. The number of anilines is 1. The van der Waals surface area contributed by atoms with Crippen LogP contribution in [0.3, 0.4) is 0 Å². The van der Waals surface area contributed by atoms with E-state index < -0.39 is 0 Å². The van der Waals surface area contributed by atoms with Crippen LogP contribution < -0.4 is 20.1 Å². The molecule has 0 fully saturated rings. The Morgan fingerprint density at radius 3 is 2.76 bits per heavy atom. The molecule has 2 N–H and O–H groups in total. The maximum Gasteiger partial charge on any atom is 0.170 e. The van der Waals surface area contributed by atoms with Crippen LogP contribution in [0.1, 0.15) is 4.88 Å². The average Bonchev–Trinajstić information content (AvgIpc) is 3.00. The molecule has 0 aliphatic rings. The van der Waals surface area contributed by atoms with E-state index in [1.165, 1.54) is 4.88 Å². The molecule has 0 amide bonds. The quantitative estimate of drug-likeness (QED) is 0.799. The lowest BCUT2D eigenvalue weighted by molar-refractivity contribution is 0.405. The number of rotatable bonds is 6. The van der Waals surface area contributed by atoms with Crippen LogP contribution >= 0.6 is 23.6 Å². The molecule has 1 aromatic carbocycles. The molecule has 0 saturated heterocycles. The van der Waals surface area contributed by atoms with Crippen LogP contribution in [0.15, 0.2) is 35.7 Å². The van der Waals surface area contributed by atoms with Crippen molar-refractivity contribution in [2.45, 2.75) is 6.42 Å². The SMILES string of the molecule is COc1ccc(OC)c(NC(=S)NCCc2cccs2)c1. The van der Waals surface area contributed by atoms with Gasteiger partial charge in [0.25, 0.3) is 0 Å². The van der Waals surface area contributed by atoms with E-state index in [4.69, 9.17) is 21.7 Å². The highest BCUT2D eigenvalue weighted by Gasteiger charge is 2.06. The first-order chi connectivity index (χ1) is 10.2. The van der Waals surface area contributed by atoms with Gasteiger partial charge in [-0.25, -0.2) is 0 Å². The number of nitrogens with one attached hydrogen (secondary N) is 2. The fourth-order valence-electron chi connectivity index (χ4n) is 1.83. The zero-order valence-corrected chi connectivity index (χ0v) is 13.6. The second-order valence-electron chi connectivity index (χ2n) is 4.28. The molecule has 0 spiro atoms. The molecule has 21 heavy (non-hydrogen) atoms. The van der Waals surface area contributed by atoms with Crippen LogP contribution in [-0.4, -0.2) is 25.9 Å². The van der Waals surface area contributed by atoms with Crippen molar-refractivity contribution in [3.8, 4) is 11.5 Å². The molecule has 1 aromatic heterocycles. The Balaban J connectivity index is 1.89. The predicted octanol–water partition coefficient (Wildman–Crippen LogP) is 3.29. The number of thiophene rings is 1. The molecule has 0 aliphatic carbocycles. The van der Waals surface area contributed by atoms with Crippen molar-refractivity contribution < 1.29 is 9.47 Å². The third kappa shape index (κ3) is 4.61. The maximum absolute atomic E-state index is 5.31. The molecule has 0 unspecified atom stereocenters. The largest absolute Gasteiger partial charge is 0.497 e. The van der Waals surface area contributed by atoms with Gasteiger partial charge in [0.2, 0.25) is 0 Å². The maximum atomic E-state index is 5.31. The fourth-order valence-corrected chi connectivity index (χ4v) is 2.75. The molecule has 2 aromatic rings. The second kappa shape index (κ2) is 7.85. The summed E-state index contributed by atoms with van der Waals surface area (Å²) in [6, 6.07) is 9.71. The number of hydrogen-bond acceptors (Lipinski definition) is 4. The van der Waals surface area contributed by atoms with E-state index in [2.05, 4.69) is 28.1 Å². The zero-order valence-electron chi connectivity index (χ0n) is 12.0. The Morgan fingerprint density at radius 2 is 2.10 bits per heavy atom. The smallest absolute Gasteiger partial charge is 0.170 e. The van der Waals surface area contributed by atoms with Crippen molar-refractivity contribution >= 4 is 34.4 Å². The number of benzene rings is 1. The topological polar surface area (TPSA) is 42.5 Å². The highest BCUT2D eigenvalue weighted by atomic mass is 32.1. The lowest BCUT2D eigenvalue weighted by Crippen LogP contribution is -2.30. The van der Waals surface area contributed by atoms with Gasteiger partial charge in [0.15, 0.2) is 5.11 Å². The van der Waals surface area contributed by atoms with E-state index in [0.717, 1.165) is 30.2 Å². The monoisotopic (exact) mass is 322 g/mol. The molecular weight excluding hydrogens is 304 g/mol. The first-order valence-electron chi connectivity index (χ1n) is 6.52. The van der Waals surface area contributed by atoms with Crippen LogP contribution in [0, 0.1) is 0 Å². The summed E-state index contributed by atoms with van der Waals surface area (Å²) in [4.78, 5) is 1.34. The van der Waals surface area contributed by atoms with Gasteiger partial charge in [-0.2, -0.15) is 0 Å². The van der Waals surface area contributed by atoms with Gasteiger partial charge in [-0.3, -0.25) is 0 Å². The first kappa shape index (κ1) is 15.6. The van der Waals surface area contributed by atoms with Gasteiger partial charge in [-0.15, -0.1) is 11.3 Å². The van der Waals surface area contributed by atoms with Crippen LogP contribution in [0.5, 0.6) is 11.5 Å². The summed E-state index contributed by atoms with van der Waals surface area (Å²) < 4.78 is 10.5. The van der Waals surface area contributed by atoms with Gasteiger partial charge < -0.3 is 20.1 Å². The summed E-state index contributed by atoms with van der Waals surface area (Å²) in [7, 11) is 3.25. The van der Waals surface area contributed by atoms with E-state index in [9.17, 15) is 0 Å². The summed E-state index contributed by atoms with van der Waals surface area (Å²) in [5.41, 5.74) is 0.783. The number of methoxy groups -OCH3 is 2. The minimum Gasteiger partial charge on any atom is -0.497 e. The zero-order chi connectivity index (χ0) is 15.1. The minimum absolute atomic E-state index is 0.568. The third-order valence-corrected chi connectivity index (χ3v) is 4.07. The molecule has 4 nitrogen and oxygen atoms in total. The van der Waals surface area contributed by atoms with Crippen molar-refractivity contribution in [2.75, 3.05) is 26.1 Å². The van der Waals surface area contributed by atoms with Gasteiger partial charge in [0, 0.05) is 17.5 Å². The van der Waals surface area contributed by atoms with Crippen LogP contribution in [0.2, 0.25) is 0 Å². The Bertz CT molecular complexity index is 585. The lowest BCUT2D eigenvalue weighted by Gasteiger charge is -2.14. The van der Waals surface area contributed by atoms with Crippen LogP contribution in [0.4, 0.5) is 5.69 Å². The molecule has 2 rings (SSSR count). The van der Waals surface area contributed by atoms with Crippen molar-refractivity contribution in [3.63, 3.8) is 0 Å². The van der Waals surface area contributed by atoms with Crippen molar-refractivity contribution in [1.29, 1.82) is 0 Å². The van der Waals surface area contributed by atoms with E-state index in [0.29, 0.717) is 5.11 Å². The number of ether oxygens (including phenoxy) is 2. The Morgan fingerprint density at radius 1 is 1.24 bits per heavy atom. The lowest BCUT2D eigenvalue weighted by atomic mass is 10.2. The minimum atomic E-state index is 0.568. The van der Waals surface area contributed by atoms with Crippen LogP contribution in [-0.2, 0) is 6.42 Å². The molecule has 0 aliphatic heterocycles. The van der Waals surface area contributed by atoms with E-state index >= 15 is 0 Å². The van der Waals surface area contributed by atoms with Crippen LogP contribution in [0.25, 0.3) is 0 Å². The molecule has 0 saturated carbocycles. The fraction of sp³-hybridized carbons (Fsp3) is 0.267. The third-order valence-electron chi connectivity index (χ3n) is 2.89. The molecule has 1 heterocycles. The van der Waals surface area contributed by atoms with Gasteiger partial charge in [0.05, 0.1) is 19.9 Å². The standard InChI is InChI=1S/C15H18N2O2S2/c1-18-11-5-6-14(19-2)13(10-11)17-15(20)16-8-7-12-4-3-9-21-12/h3-6,9-10H,7-8H2,1-2H3,(H2,16,17,20). The Hall–Kier alpha value is -1.79. The predicted molar refractivity (Wildman–Crippen MR) is 91.8 cm³/mol. The normalized spacial score (nSPS) is 10.0. The number of hydrogen-bond donors (Lipinski definition) is 2. The van der Waals surface area contributed by atoms with Gasteiger partial charge in [-0.05, 0) is 42.2 Å². The summed E-state index contributed by atoms with van der Waals surface area (Å²) in [6.07, 6.45) is 0.953. The van der Waals surface area contributed by atoms with Gasteiger partial charge >= 0.3 is 0 Å². The van der Waals surface area contributed by atoms with Crippen molar-refractivity contribution in [2.24, 2.45) is 0 Å². The molecular formula is C15H18N2O2S2. The van der Waals surface area contributed by atoms with Crippen molar-refractivity contribution in [3.05, 3.63) is 40.6 Å². The van der Waals surface area contributed by atoms with Gasteiger partial charge in [0.1, 0.15) is 11.5 Å². The Kier molecular flexibility index (Phi) is 5.83. The summed E-state index contributed by atoms with van der Waals surface area (Å²) in [5.74, 6) is 1.47. The highest BCUT2D eigenvalue weighted by Crippen LogP contribution is 2.28. The van der Waals surface area contributed by atoms with E-state index in [1.54, 1.807) is 25.6 Å². The Labute approximate surface area is 134 Å². The van der Waals surface area contributed by atoms with Gasteiger partial charge in [-0.1, -0.05) is 6.07 Å². The average molecular weight is 322 g/mol. The van der Waals surface area contributed by atoms with E-state index in [1.807, 2.05) is 18.2 Å².